The fourth-order valence-electron chi connectivity index (χ4n) is 2.21. The highest BCUT2D eigenvalue weighted by molar-refractivity contribution is 5.77. The van der Waals surface area contributed by atoms with E-state index in [9.17, 15) is 4.79 Å². The van der Waals surface area contributed by atoms with Crippen LogP contribution in [0.2, 0.25) is 0 Å². The van der Waals surface area contributed by atoms with Gasteiger partial charge in [0.25, 0.3) is 0 Å². The quantitative estimate of drug-likeness (QED) is 0.637. The molecule has 0 aromatic carbocycles. The maximum absolute atomic E-state index is 10.8. The molecular weight excluding hydrogens is 232 g/mol. The van der Waals surface area contributed by atoms with Crippen LogP contribution in [0.15, 0.2) is 0 Å². The van der Waals surface area contributed by atoms with Crippen molar-refractivity contribution in [1.82, 2.24) is 4.90 Å². The number of nitrogens with zero attached hydrogens (tertiary/aromatic N) is 1. The van der Waals surface area contributed by atoms with Gasteiger partial charge >= 0.3 is 5.97 Å². The van der Waals surface area contributed by atoms with E-state index in [1.54, 1.807) is 6.92 Å². The van der Waals surface area contributed by atoms with E-state index in [-0.39, 0.29) is 0 Å². The van der Waals surface area contributed by atoms with Gasteiger partial charge in [0.2, 0.25) is 0 Å². The third-order valence-electron chi connectivity index (χ3n) is 3.51. The van der Waals surface area contributed by atoms with Crippen molar-refractivity contribution >= 4 is 5.97 Å². The Morgan fingerprint density at radius 3 is 2.83 bits per heavy atom. The van der Waals surface area contributed by atoms with Crippen LogP contribution in [0.3, 0.4) is 0 Å². The topological polar surface area (TPSA) is 75.8 Å². The Kier molecular flexibility index (Phi) is 6.05. The van der Waals surface area contributed by atoms with Gasteiger partial charge in [0.1, 0.15) is 5.54 Å². The van der Waals surface area contributed by atoms with Crippen molar-refractivity contribution in [1.29, 1.82) is 0 Å². The summed E-state index contributed by atoms with van der Waals surface area (Å²) in [6.07, 6.45) is 5.05. The molecule has 1 heterocycles. The predicted octanol–water partition coefficient (Wildman–Crippen LogP) is 1.07. The predicted molar refractivity (Wildman–Crippen MR) is 70.6 cm³/mol. The third kappa shape index (κ3) is 5.33. The Bertz CT molecular complexity index is 263. The molecule has 106 valence electrons. The SMILES string of the molecule is CN(CCCCC(C)(N)C(=O)O)CC1CCCO1. The number of nitrogens with two attached hydrogens (primary N) is 1. The molecule has 0 spiro atoms. The number of aliphatic carboxylic acids is 1. The van der Waals surface area contributed by atoms with E-state index in [1.807, 2.05) is 0 Å². The van der Waals surface area contributed by atoms with Crippen molar-refractivity contribution < 1.29 is 14.6 Å². The summed E-state index contributed by atoms with van der Waals surface area (Å²) in [5.41, 5.74) is 4.59. The van der Waals surface area contributed by atoms with Crippen LogP contribution in [0.25, 0.3) is 0 Å². The summed E-state index contributed by atoms with van der Waals surface area (Å²) in [5, 5.41) is 8.89. The molecule has 0 saturated carbocycles. The zero-order valence-electron chi connectivity index (χ0n) is 11.5. The van der Waals surface area contributed by atoms with Gasteiger partial charge in [-0.2, -0.15) is 0 Å². The molecule has 1 saturated heterocycles. The van der Waals surface area contributed by atoms with Crippen LogP contribution >= 0.6 is 0 Å². The number of likely N-dealkylation sites (N-methyl/N-ethyl adjacent to an activating group) is 1. The van der Waals surface area contributed by atoms with Crippen LogP contribution in [0, 0.1) is 0 Å². The monoisotopic (exact) mass is 258 g/mol. The molecule has 1 aliphatic heterocycles. The van der Waals surface area contributed by atoms with E-state index in [2.05, 4.69) is 11.9 Å². The van der Waals surface area contributed by atoms with Gasteiger partial charge in [-0.25, -0.2) is 0 Å². The molecule has 3 N–H and O–H groups in total. The number of rotatable bonds is 8. The number of carboxylic acids is 1. The van der Waals surface area contributed by atoms with Crippen molar-refractivity contribution in [3.8, 4) is 0 Å². The van der Waals surface area contributed by atoms with E-state index >= 15 is 0 Å². The number of carbonyl (C=O) groups is 1. The van der Waals surface area contributed by atoms with Gasteiger partial charge in [0, 0.05) is 13.2 Å². The van der Waals surface area contributed by atoms with Crippen molar-refractivity contribution in [2.24, 2.45) is 5.73 Å². The molecule has 18 heavy (non-hydrogen) atoms. The number of unbranched alkanes of at least 4 members (excludes halogenated alkanes) is 1. The second-order valence-corrected chi connectivity index (χ2v) is 5.58. The third-order valence-corrected chi connectivity index (χ3v) is 3.51. The molecular formula is C13H26N2O3. The van der Waals surface area contributed by atoms with Crippen molar-refractivity contribution in [2.45, 2.75) is 50.7 Å². The first-order chi connectivity index (χ1) is 8.42. The van der Waals surface area contributed by atoms with Gasteiger partial charge in [-0.15, -0.1) is 0 Å². The summed E-state index contributed by atoms with van der Waals surface area (Å²) in [4.78, 5) is 13.1. The Morgan fingerprint density at radius 2 is 2.28 bits per heavy atom. The molecule has 2 unspecified atom stereocenters. The maximum Gasteiger partial charge on any atom is 0.323 e. The molecule has 2 atom stereocenters. The summed E-state index contributed by atoms with van der Waals surface area (Å²) in [6, 6.07) is 0. The lowest BCUT2D eigenvalue weighted by atomic mass is 9.96. The Hall–Kier alpha value is -0.650. The van der Waals surface area contributed by atoms with E-state index in [1.165, 1.54) is 6.42 Å². The van der Waals surface area contributed by atoms with Gasteiger partial charge in [-0.3, -0.25) is 4.79 Å². The summed E-state index contributed by atoms with van der Waals surface area (Å²) in [5.74, 6) is -0.921. The normalized spacial score (nSPS) is 23.2. The van der Waals surface area contributed by atoms with Gasteiger partial charge in [-0.1, -0.05) is 0 Å². The fourth-order valence-corrected chi connectivity index (χ4v) is 2.21. The average molecular weight is 258 g/mol. The lowest BCUT2D eigenvalue weighted by molar-refractivity contribution is -0.142. The smallest absolute Gasteiger partial charge is 0.323 e. The molecule has 5 nitrogen and oxygen atoms in total. The molecule has 1 rings (SSSR count). The van der Waals surface area contributed by atoms with Crippen molar-refractivity contribution in [3.63, 3.8) is 0 Å². The zero-order chi connectivity index (χ0) is 13.6. The van der Waals surface area contributed by atoms with E-state index in [0.29, 0.717) is 12.5 Å². The summed E-state index contributed by atoms with van der Waals surface area (Å²) < 4.78 is 5.58. The molecule has 5 heteroatoms. The highest BCUT2D eigenvalue weighted by Crippen LogP contribution is 2.14. The number of hydrogen-bond donors (Lipinski definition) is 2. The highest BCUT2D eigenvalue weighted by atomic mass is 16.5. The van der Waals surface area contributed by atoms with Crippen molar-refractivity contribution in [2.75, 3.05) is 26.7 Å². The van der Waals surface area contributed by atoms with Crippen LogP contribution < -0.4 is 5.73 Å². The largest absolute Gasteiger partial charge is 0.480 e. The van der Waals surface area contributed by atoms with Crippen LogP contribution in [-0.2, 0) is 9.53 Å². The molecule has 1 fully saturated rings. The zero-order valence-corrected chi connectivity index (χ0v) is 11.5. The first-order valence-electron chi connectivity index (χ1n) is 6.74. The van der Waals surface area contributed by atoms with E-state index in [4.69, 9.17) is 15.6 Å². The van der Waals surface area contributed by atoms with Gasteiger partial charge in [-0.05, 0) is 52.6 Å². The molecule has 1 aliphatic rings. The molecule has 0 aliphatic carbocycles. The van der Waals surface area contributed by atoms with Crippen LogP contribution in [0.1, 0.15) is 39.0 Å². The summed E-state index contributed by atoms with van der Waals surface area (Å²) >= 11 is 0. The molecule has 0 aromatic rings. The average Bonchev–Trinajstić information content (AvgIpc) is 2.77. The van der Waals surface area contributed by atoms with Crippen LogP contribution in [-0.4, -0.2) is 54.4 Å². The minimum absolute atomic E-state index is 0.383. The molecule has 0 bridgehead atoms. The highest BCUT2D eigenvalue weighted by Gasteiger charge is 2.26. The fraction of sp³-hybridized carbons (Fsp3) is 0.923. The van der Waals surface area contributed by atoms with E-state index in [0.717, 1.165) is 39.0 Å². The number of ether oxygens (including phenoxy) is 1. The molecule has 0 radical (unpaired) electrons. The molecule has 0 aromatic heterocycles. The second kappa shape index (κ2) is 7.07. The maximum atomic E-state index is 10.8. The lowest BCUT2D eigenvalue weighted by Gasteiger charge is -2.22. The minimum Gasteiger partial charge on any atom is -0.480 e. The second-order valence-electron chi connectivity index (χ2n) is 5.58. The Labute approximate surface area is 109 Å². The lowest BCUT2D eigenvalue weighted by Crippen LogP contribution is -2.44. The standard InChI is InChI=1S/C13H26N2O3/c1-13(14,12(16)17)7-3-4-8-15(2)10-11-6-5-9-18-11/h11H,3-10,14H2,1-2H3,(H,16,17). The molecule has 0 amide bonds. The van der Waals surface area contributed by atoms with Crippen LogP contribution in [0.5, 0.6) is 0 Å². The number of carboxylic acid groups (broad SMARTS) is 1. The summed E-state index contributed by atoms with van der Waals surface area (Å²) in [7, 11) is 2.08. The number of hydrogen-bond acceptors (Lipinski definition) is 4. The van der Waals surface area contributed by atoms with Gasteiger partial charge in [0.15, 0.2) is 0 Å². The van der Waals surface area contributed by atoms with Crippen molar-refractivity contribution in [3.05, 3.63) is 0 Å². The van der Waals surface area contributed by atoms with Gasteiger partial charge in [0.05, 0.1) is 6.10 Å². The first-order valence-corrected chi connectivity index (χ1v) is 6.74. The van der Waals surface area contributed by atoms with Gasteiger partial charge < -0.3 is 20.5 Å². The summed E-state index contributed by atoms with van der Waals surface area (Å²) in [6.45, 7) is 4.41. The Morgan fingerprint density at radius 1 is 1.56 bits per heavy atom. The van der Waals surface area contributed by atoms with Crippen LogP contribution in [0.4, 0.5) is 0 Å². The minimum atomic E-state index is -1.09. The first kappa shape index (κ1) is 15.4. The Balaban J connectivity index is 2.08. The van der Waals surface area contributed by atoms with E-state index < -0.39 is 11.5 Å².